The summed E-state index contributed by atoms with van der Waals surface area (Å²) in [5.74, 6) is -0.302. The van der Waals surface area contributed by atoms with Crippen LogP contribution in [0.25, 0.3) is 21.9 Å². The Bertz CT molecular complexity index is 1220. The number of nitrogen functional groups attached to an aromatic ring is 1. The SMILES string of the molecule is CCc1ccncc1-c1cc2cc(NC(=O)C3CC3C#N)ncc2c(N)c1C#N. The summed E-state index contributed by atoms with van der Waals surface area (Å²) in [6.45, 7) is 2.04. The summed E-state index contributed by atoms with van der Waals surface area (Å²) in [7, 11) is 0. The van der Waals surface area contributed by atoms with E-state index >= 15 is 0 Å². The molecule has 0 spiro atoms. The van der Waals surface area contributed by atoms with Gasteiger partial charge in [0.05, 0.1) is 29.2 Å². The Morgan fingerprint density at radius 3 is 2.83 bits per heavy atom. The second-order valence-electron chi connectivity index (χ2n) is 7.07. The zero-order valence-corrected chi connectivity index (χ0v) is 15.8. The molecule has 2 aromatic heterocycles. The first-order chi connectivity index (χ1) is 14.1. The third-order valence-corrected chi connectivity index (χ3v) is 5.30. The predicted octanol–water partition coefficient (Wildman–Crippen LogP) is 3.41. The van der Waals surface area contributed by atoms with Crippen LogP contribution < -0.4 is 11.1 Å². The second-order valence-corrected chi connectivity index (χ2v) is 7.07. The summed E-state index contributed by atoms with van der Waals surface area (Å²) in [5, 5.41) is 22.8. The van der Waals surface area contributed by atoms with Crippen molar-refractivity contribution in [1.82, 2.24) is 9.97 Å². The molecule has 0 saturated heterocycles. The number of nitriles is 2. The monoisotopic (exact) mass is 382 g/mol. The number of nitrogens with one attached hydrogen (secondary N) is 1. The van der Waals surface area contributed by atoms with E-state index in [0.717, 1.165) is 22.9 Å². The van der Waals surface area contributed by atoms with Gasteiger partial charge in [0.15, 0.2) is 0 Å². The quantitative estimate of drug-likeness (QED) is 0.665. The zero-order chi connectivity index (χ0) is 20.5. The molecule has 0 radical (unpaired) electrons. The first-order valence-corrected chi connectivity index (χ1v) is 9.33. The summed E-state index contributed by atoms with van der Waals surface area (Å²) in [5.41, 5.74) is 9.66. The predicted molar refractivity (Wildman–Crippen MR) is 109 cm³/mol. The van der Waals surface area contributed by atoms with Crippen molar-refractivity contribution in [2.24, 2.45) is 11.8 Å². The van der Waals surface area contributed by atoms with Gasteiger partial charge >= 0.3 is 0 Å². The van der Waals surface area contributed by atoms with Crippen LogP contribution in [0.3, 0.4) is 0 Å². The van der Waals surface area contributed by atoms with Gasteiger partial charge < -0.3 is 11.1 Å². The van der Waals surface area contributed by atoms with Gasteiger partial charge in [0.1, 0.15) is 11.9 Å². The van der Waals surface area contributed by atoms with Crippen molar-refractivity contribution in [1.29, 1.82) is 10.5 Å². The summed E-state index contributed by atoms with van der Waals surface area (Å²) >= 11 is 0. The molecule has 29 heavy (non-hydrogen) atoms. The number of benzene rings is 1. The van der Waals surface area contributed by atoms with E-state index in [-0.39, 0.29) is 17.7 Å². The number of carbonyl (C=O) groups is 1. The van der Waals surface area contributed by atoms with Crippen LogP contribution in [0.2, 0.25) is 0 Å². The Balaban J connectivity index is 1.80. The Labute approximate surface area is 167 Å². The molecule has 7 heteroatoms. The molecule has 1 fully saturated rings. The van der Waals surface area contributed by atoms with Gasteiger partial charge in [-0.2, -0.15) is 10.5 Å². The van der Waals surface area contributed by atoms with Crippen molar-refractivity contribution in [2.45, 2.75) is 19.8 Å². The largest absolute Gasteiger partial charge is 0.397 e. The minimum Gasteiger partial charge on any atom is -0.397 e. The maximum absolute atomic E-state index is 12.2. The van der Waals surface area contributed by atoms with E-state index in [4.69, 9.17) is 11.0 Å². The van der Waals surface area contributed by atoms with E-state index < -0.39 is 0 Å². The minimum absolute atomic E-state index is 0.203. The van der Waals surface area contributed by atoms with Crippen molar-refractivity contribution in [3.05, 3.63) is 47.9 Å². The highest BCUT2D eigenvalue weighted by molar-refractivity contribution is 6.03. The van der Waals surface area contributed by atoms with E-state index in [1.54, 1.807) is 24.7 Å². The number of hydrogen-bond acceptors (Lipinski definition) is 6. The van der Waals surface area contributed by atoms with Crippen molar-refractivity contribution < 1.29 is 4.79 Å². The average molecular weight is 382 g/mol. The standard InChI is InChI=1S/C22H18N6O/c1-2-12-3-4-26-10-18(12)16-5-13-7-20(28-22(29)15-6-14(15)8-23)27-11-19(13)21(25)17(16)9-24/h3-5,7,10-11,14-15H,2,6,25H2,1H3,(H,27,28,29). The lowest BCUT2D eigenvalue weighted by Gasteiger charge is -2.14. The van der Waals surface area contributed by atoms with Crippen LogP contribution in [-0.4, -0.2) is 15.9 Å². The molecule has 3 N–H and O–H groups in total. The van der Waals surface area contributed by atoms with Crippen LogP contribution in [0.5, 0.6) is 0 Å². The lowest BCUT2D eigenvalue weighted by Crippen LogP contribution is -2.15. The zero-order valence-electron chi connectivity index (χ0n) is 15.8. The summed E-state index contributed by atoms with van der Waals surface area (Å²) < 4.78 is 0. The Kier molecular flexibility index (Phi) is 4.58. The van der Waals surface area contributed by atoms with Crippen LogP contribution in [0.4, 0.5) is 11.5 Å². The first-order valence-electron chi connectivity index (χ1n) is 9.33. The van der Waals surface area contributed by atoms with Gasteiger partial charge in [-0.3, -0.25) is 9.78 Å². The summed E-state index contributed by atoms with van der Waals surface area (Å²) in [6, 6.07) is 9.86. The number of pyridine rings is 2. The topological polar surface area (TPSA) is 128 Å². The van der Waals surface area contributed by atoms with Crippen molar-refractivity contribution in [3.8, 4) is 23.3 Å². The van der Waals surface area contributed by atoms with Gasteiger partial charge in [-0.1, -0.05) is 6.92 Å². The van der Waals surface area contributed by atoms with Gasteiger partial charge in [-0.25, -0.2) is 4.98 Å². The van der Waals surface area contributed by atoms with Crippen LogP contribution in [0, 0.1) is 34.5 Å². The van der Waals surface area contributed by atoms with Gasteiger partial charge in [0, 0.05) is 35.1 Å². The van der Waals surface area contributed by atoms with E-state index in [1.165, 1.54) is 0 Å². The molecular formula is C22H18N6O. The van der Waals surface area contributed by atoms with Crippen LogP contribution in [0.1, 0.15) is 24.5 Å². The smallest absolute Gasteiger partial charge is 0.230 e. The number of carbonyl (C=O) groups excluding carboxylic acids is 1. The van der Waals surface area contributed by atoms with Gasteiger partial charge in [-0.05, 0) is 42.0 Å². The van der Waals surface area contributed by atoms with E-state index in [2.05, 4.69) is 27.4 Å². The molecule has 4 rings (SSSR count). The molecule has 1 amide bonds. The highest BCUT2D eigenvalue weighted by atomic mass is 16.2. The number of rotatable bonds is 4. The third-order valence-electron chi connectivity index (χ3n) is 5.30. The number of nitrogens with zero attached hydrogens (tertiary/aromatic N) is 4. The molecule has 2 atom stereocenters. The maximum atomic E-state index is 12.2. The Hall–Kier alpha value is -3.97. The highest BCUT2D eigenvalue weighted by Gasteiger charge is 2.43. The molecule has 142 valence electrons. The number of aromatic nitrogens is 2. The maximum Gasteiger partial charge on any atom is 0.230 e. The summed E-state index contributed by atoms with van der Waals surface area (Å²) in [6.07, 6.45) is 6.39. The second kappa shape index (κ2) is 7.21. The van der Waals surface area contributed by atoms with Crippen LogP contribution in [-0.2, 0) is 11.2 Å². The van der Waals surface area contributed by atoms with E-state index in [1.807, 2.05) is 19.1 Å². The lowest BCUT2D eigenvalue weighted by molar-refractivity contribution is -0.117. The number of amides is 1. The fourth-order valence-corrected chi connectivity index (χ4v) is 3.54. The third kappa shape index (κ3) is 3.24. The lowest BCUT2D eigenvalue weighted by atomic mass is 9.92. The molecule has 7 nitrogen and oxygen atoms in total. The molecule has 2 unspecified atom stereocenters. The number of fused-ring (bicyclic) bond motifs is 1. The molecule has 0 aliphatic heterocycles. The van der Waals surface area contributed by atoms with Gasteiger partial charge in [0.25, 0.3) is 0 Å². The number of hydrogen-bond donors (Lipinski definition) is 2. The fraction of sp³-hybridized carbons (Fsp3) is 0.227. The molecule has 1 aromatic carbocycles. The molecule has 1 saturated carbocycles. The van der Waals surface area contributed by atoms with Crippen molar-refractivity contribution in [2.75, 3.05) is 11.1 Å². The average Bonchev–Trinajstić information content (AvgIpc) is 3.53. The minimum atomic E-state index is -0.276. The first kappa shape index (κ1) is 18.4. The van der Waals surface area contributed by atoms with Crippen LogP contribution >= 0.6 is 0 Å². The van der Waals surface area contributed by atoms with Gasteiger partial charge in [-0.15, -0.1) is 0 Å². The number of aryl methyl sites for hydroxylation is 1. The Morgan fingerprint density at radius 1 is 1.31 bits per heavy atom. The normalized spacial score (nSPS) is 17.3. The molecule has 1 aliphatic carbocycles. The Morgan fingerprint density at radius 2 is 2.14 bits per heavy atom. The van der Waals surface area contributed by atoms with E-state index in [0.29, 0.717) is 34.4 Å². The number of anilines is 2. The van der Waals surface area contributed by atoms with Crippen LogP contribution in [0.15, 0.2) is 36.8 Å². The molecule has 1 aliphatic rings. The molecule has 3 aromatic rings. The summed E-state index contributed by atoms with van der Waals surface area (Å²) in [4.78, 5) is 20.7. The van der Waals surface area contributed by atoms with Crippen molar-refractivity contribution in [3.63, 3.8) is 0 Å². The van der Waals surface area contributed by atoms with Gasteiger partial charge in [0.2, 0.25) is 5.91 Å². The molecular weight excluding hydrogens is 364 g/mol. The number of nitrogens with two attached hydrogens (primary N) is 1. The fourth-order valence-electron chi connectivity index (χ4n) is 3.54. The van der Waals surface area contributed by atoms with E-state index in [9.17, 15) is 10.1 Å². The molecule has 2 heterocycles. The molecule has 0 bridgehead atoms. The van der Waals surface area contributed by atoms with Crippen molar-refractivity contribution >= 4 is 28.2 Å². The highest BCUT2D eigenvalue weighted by Crippen LogP contribution is 2.39.